The van der Waals surface area contributed by atoms with E-state index in [0.717, 1.165) is 17.7 Å². The number of aliphatic hydroxyl groups excluding tert-OH is 1. The molecule has 1 heterocycles. The second-order valence-electron chi connectivity index (χ2n) is 9.14. The fourth-order valence-electron chi connectivity index (χ4n) is 5.35. The predicted molar refractivity (Wildman–Crippen MR) is 128 cm³/mol. The Morgan fingerprint density at radius 2 is 1.79 bits per heavy atom. The van der Waals surface area contributed by atoms with Gasteiger partial charge >= 0.3 is 0 Å². The van der Waals surface area contributed by atoms with Gasteiger partial charge in [0.2, 0.25) is 0 Å². The van der Waals surface area contributed by atoms with E-state index in [4.69, 9.17) is 21.1 Å². The van der Waals surface area contributed by atoms with Crippen molar-refractivity contribution in [2.45, 2.75) is 29.6 Å². The molecule has 0 radical (unpaired) electrons. The first-order chi connectivity index (χ1) is 15.9. The van der Waals surface area contributed by atoms with E-state index in [1.165, 1.54) is 0 Å². The SMILES string of the molecule is CN(C)CCOc1ccc2c(c1)O[C@@]1(c3ccc(Cl)cc3)[C@H](c3ccccc3)C[C@H](O)[C@@]21O. The Morgan fingerprint density at radius 3 is 2.48 bits per heavy atom. The summed E-state index contributed by atoms with van der Waals surface area (Å²) >= 11 is 6.18. The van der Waals surface area contributed by atoms with Crippen molar-refractivity contribution in [2.24, 2.45) is 0 Å². The highest BCUT2D eigenvalue weighted by Gasteiger charge is 2.72. The molecule has 0 amide bonds. The second kappa shape index (κ2) is 8.33. The smallest absolute Gasteiger partial charge is 0.176 e. The molecule has 2 aliphatic rings. The lowest BCUT2D eigenvalue weighted by molar-refractivity contribution is -0.149. The minimum atomic E-state index is -1.63. The van der Waals surface area contributed by atoms with Gasteiger partial charge in [0, 0.05) is 29.1 Å². The van der Waals surface area contributed by atoms with Gasteiger partial charge in [-0.15, -0.1) is 0 Å². The number of likely N-dealkylation sites (N-methyl/N-ethyl adjacent to an activating group) is 1. The summed E-state index contributed by atoms with van der Waals surface area (Å²) < 4.78 is 12.6. The molecular weight excluding hydrogens is 438 g/mol. The monoisotopic (exact) mass is 465 g/mol. The Bertz CT molecular complexity index is 1140. The summed E-state index contributed by atoms with van der Waals surface area (Å²) in [7, 11) is 3.99. The van der Waals surface area contributed by atoms with E-state index in [0.29, 0.717) is 35.1 Å². The van der Waals surface area contributed by atoms with Crippen molar-refractivity contribution < 1.29 is 19.7 Å². The van der Waals surface area contributed by atoms with Crippen molar-refractivity contribution in [3.8, 4) is 11.5 Å². The number of rotatable bonds is 6. The lowest BCUT2D eigenvalue weighted by Crippen LogP contribution is -2.51. The largest absolute Gasteiger partial charge is 0.492 e. The number of hydrogen-bond acceptors (Lipinski definition) is 5. The van der Waals surface area contributed by atoms with Gasteiger partial charge in [-0.2, -0.15) is 0 Å². The topological polar surface area (TPSA) is 62.2 Å². The van der Waals surface area contributed by atoms with Crippen molar-refractivity contribution in [2.75, 3.05) is 27.2 Å². The average molecular weight is 466 g/mol. The summed E-state index contributed by atoms with van der Waals surface area (Å²) in [6, 6.07) is 22.7. The fraction of sp³-hybridized carbons (Fsp3) is 0.333. The van der Waals surface area contributed by atoms with E-state index in [9.17, 15) is 10.2 Å². The highest BCUT2D eigenvalue weighted by Crippen LogP contribution is 2.66. The summed E-state index contributed by atoms with van der Waals surface area (Å²) in [6.45, 7) is 1.32. The molecule has 4 atom stereocenters. The maximum absolute atomic E-state index is 12.2. The second-order valence-corrected chi connectivity index (χ2v) is 9.57. The van der Waals surface area contributed by atoms with E-state index in [-0.39, 0.29) is 5.92 Å². The molecule has 1 aliphatic carbocycles. The maximum atomic E-state index is 12.2. The summed E-state index contributed by atoms with van der Waals surface area (Å²) in [5.41, 5.74) is -0.492. The van der Waals surface area contributed by atoms with Crippen molar-refractivity contribution in [3.63, 3.8) is 0 Å². The van der Waals surface area contributed by atoms with Gasteiger partial charge in [0.05, 0.1) is 6.10 Å². The molecule has 0 aromatic heterocycles. The zero-order chi connectivity index (χ0) is 23.2. The third kappa shape index (κ3) is 3.42. The molecule has 0 bridgehead atoms. The van der Waals surface area contributed by atoms with Crippen LogP contribution in [-0.2, 0) is 11.2 Å². The van der Waals surface area contributed by atoms with Crippen LogP contribution in [-0.4, -0.2) is 48.5 Å². The number of ether oxygens (including phenoxy) is 2. The molecule has 33 heavy (non-hydrogen) atoms. The van der Waals surface area contributed by atoms with E-state index in [1.54, 1.807) is 12.1 Å². The molecular formula is C27H28ClNO4. The van der Waals surface area contributed by atoms with E-state index in [1.807, 2.05) is 79.7 Å². The maximum Gasteiger partial charge on any atom is 0.176 e. The Balaban J connectivity index is 1.63. The van der Waals surface area contributed by atoms with Crippen LogP contribution >= 0.6 is 11.6 Å². The van der Waals surface area contributed by atoms with E-state index in [2.05, 4.69) is 0 Å². The van der Waals surface area contributed by atoms with E-state index < -0.39 is 17.3 Å². The van der Waals surface area contributed by atoms with Crippen LogP contribution in [0.25, 0.3) is 0 Å². The number of halogens is 1. The number of nitrogens with zero attached hydrogens (tertiary/aromatic N) is 1. The lowest BCUT2D eigenvalue weighted by Gasteiger charge is -2.40. The van der Waals surface area contributed by atoms with Crippen molar-refractivity contribution in [1.29, 1.82) is 0 Å². The van der Waals surface area contributed by atoms with Gasteiger partial charge in [-0.25, -0.2) is 0 Å². The quantitative estimate of drug-likeness (QED) is 0.568. The number of benzene rings is 3. The number of aliphatic hydroxyl groups is 2. The molecule has 5 nitrogen and oxygen atoms in total. The number of fused-ring (bicyclic) bond motifs is 3. The molecule has 3 aromatic rings. The Labute approximate surface area is 199 Å². The first kappa shape index (κ1) is 22.2. The third-order valence-electron chi connectivity index (χ3n) is 6.92. The van der Waals surface area contributed by atoms with Crippen LogP contribution in [0.2, 0.25) is 5.02 Å². The zero-order valence-corrected chi connectivity index (χ0v) is 19.5. The molecule has 0 saturated heterocycles. The van der Waals surface area contributed by atoms with Gasteiger partial charge in [0.25, 0.3) is 0 Å². The Kier molecular flexibility index (Phi) is 5.61. The molecule has 6 heteroatoms. The molecule has 5 rings (SSSR count). The molecule has 1 fully saturated rings. The van der Waals surface area contributed by atoms with Gasteiger partial charge in [-0.3, -0.25) is 0 Å². The van der Waals surface area contributed by atoms with E-state index >= 15 is 0 Å². The molecule has 1 saturated carbocycles. The minimum Gasteiger partial charge on any atom is -0.492 e. The van der Waals surface area contributed by atoms with Crippen LogP contribution < -0.4 is 9.47 Å². The highest BCUT2D eigenvalue weighted by molar-refractivity contribution is 6.30. The zero-order valence-electron chi connectivity index (χ0n) is 18.7. The molecule has 3 aromatic carbocycles. The first-order valence-corrected chi connectivity index (χ1v) is 11.6. The van der Waals surface area contributed by atoms with Crippen molar-refractivity contribution >= 4 is 11.6 Å². The lowest BCUT2D eigenvalue weighted by atomic mass is 9.71. The Morgan fingerprint density at radius 1 is 1.06 bits per heavy atom. The third-order valence-corrected chi connectivity index (χ3v) is 7.17. The molecule has 1 aliphatic heterocycles. The number of hydrogen-bond donors (Lipinski definition) is 2. The summed E-state index contributed by atoms with van der Waals surface area (Å²) in [5.74, 6) is 0.913. The summed E-state index contributed by atoms with van der Waals surface area (Å²) in [5, 5.41) is 24.1. The minimum absolute atomic E-state index is 0.273. The van der Waals surface area contributed by atoms with Gasteiger partial charge in [0.15, 0.2) is 11.2 Å². The van der Waals surface area contributed by atoms with Crippen LogP contribution in [0.1, 0.15) is 29.0 Å². The van der Waals surface area contributed by atoms with Gasteiger partial charge < -0.3 is 24.6 Å². The van der Waals surface area contributed by atoms with Gasteiger partial charge in [-0.05, 0) is 55.9 Å². The van der Waals surface area contributed by atoms with Gasteiger partial charge in [0.1, 0.15) is 18.1 Å². The summed E-state index contributed by atoms with van der Waals surface area (Å²) in [4.78, 5) is 2.05. The van der Waals surface area contributed by atoms with Crippen molar-refractivity contribution in [1.82, 2.24) is 4.90 Å². The van der Waals surface area contributed by atoms with Crippen LogP contribution in [0.4, 0.5) is 0 Å². The summed E-state index contributed by atoms with van der Waals surface area (Å²) in [6.07, 6.45) is -0.649. The highest BCUT2D eigenvalue weighted by atomic mass is 35.5. The molecule has 0 unspecified atom stereocenters. The first-order valence-electron chi connectivity index (χ1n) is 11.2. The van der Waals surface area contributed by atoms with Crippen molar-refractivity contribution in [3.05, 3.63) is 94.5 Å². The standard InChI is InChI=1S/C27H28ClNO4/c1-29(2)14-15-32-21-12-13-22-24(16-21)33-27(19-8-10-20(28)11-9-19)23(17-25(30)26(22,27)31)18-6-4-3-5-7-18/h3-13,16,23,25,30-31H,14-15,17H2,1-2H3/t23-,25-,26-,27-/m0/s1. The van der Waals surface area contributed by atoms with Crippen LogP contribution in [0.5, 0.6) is 11.5 Å². The Hall–Kier alpha value is -2.57. The van der Waals surface area contributed by atoms with Crippen LogP contribution in [0.15, 0.2) is 72.8 Å². The van der Waals surface area contributed by atoms with Crippen LogP contribution in [0, 0.1) is 0 Å². The average Bonchev–Trinajstić information content (AvgIpc) is 3.20. The van der Waals surface area contributed by atoms with Gasteiger partial charge in [-0.1, -0.05) is 54.1 Å². The van der Waals surface area contributed by atoms with Crippen LogP contribution in [0.3, 0.4) is 0 Å². The predicted octanol–water partition coefficient (Wildman–Crippen LogP) is 4.30. The molecule has 172 valence electrons. The fourth-order valence-corrected chi connectivity index (χ4v) is 5.47. The molecule has 2 N–H and O–H groups in total. The molecule has 0 spiro atoms. The normalized spacial score (nSPS) is 27.8.